The van der Waals surface area contributed by atoms with Crippen LogP contribution in [0.3, 0.4) is 0 Å². The number of ether oxygens (including phenoxy) is 1. The zero-order chi connectivity index (χ0) is 12.3. The molecule has 2 aromatic rings. The number of nitrogens with zero attached hydrogens (tertiary/aromatic N) is 2. The third-order valence-corrected chi connectivity index (χ3v) is 2.39. The molecule has 3 N–H and O–H groups in total. The van der Waals surface area contributed by atoms with Crippen molar-refractivity contribution in [2.75, 3.05) is 5.43 Å². The van der Waals surface area contributed by atoms with Gasteiger partial charge in [0.15, 0.2) is 11.6 Å². The summed E-state index contributed by atoms with van der Waals surface area (Å²) in [5.74, 6) is 5.36. The topological polar surface area (TPSA) is 73.1 Å². The summed E-state index contributed by atoms with van der Waals surface area (Å²) < 4.78 is 19.4. The van der Waals surface area contributed by atoms with Crippen LogP contribution < -0.4 is 16.0 Å². The van der Waals surface area contributed by atoms with Gasteiger partial charge in [0, 0.05) is 10.5 Å². The van der Waals surface area contributed by atoms with Crippen LogP contribution in [0.4, 0.5) is 10.2 Å². The molecular formula is C10H8BrFN4O. The molecule has 17 heavy (non-hydrogen) atoms. The van der Waals surface area contributed by atoms with Crippen molar-refractivity contribution in [1.29, 1.82) is 0 Å². The maximum Gasteiger partial charge on any atom is 0.224 e. The summed E-state index contributed by atoms with van der Waals surface area (Å²) in [6, 6.07) is 5.93. The molecule has 0 unspecified atom stereocenters. The number of hydrazine groups is 1. The fourth-order valence-corrected chi connectivity index (χ4v) is 1.48. The summed E-state index contributed by atoms with van der Waals surface area (Å²) >= 11 is 3.16. The molecule has 0 radical (unpaired) electrons. The van der Waals surface area contributed by atoms with Gasteiger partial charge in [-0.05, 0) is 18.2 Å². The molecule has 0 aliphatic rings. The van der Waals surface area contributed by atoms with Gasteiger partial charge in [0.05, 0.1) is 0 Å². The third kappa shape index (κ3) is 2.89. The van der Waals surface area contributed by atoms with Gasteiger partial charge in [-0.15, -0.1) is 0 Å². The Balaban J connectivity index is 2.25. The van der Waals surface area contributed by atoms with E-state index in [4.69, 9.17) is 10.6 Å². The Bertz CT molecular complexity index is 537. The lowest BCUT2D eigenvalue weighted by Gasteiger charge is -2.06. The Hall–Kier alpha value is -1.73. The molecule has 88 valence electrons. The quantitative estimate of drug-likeness (QED) is 0.673. The number of hydrogen-bond donors (Lipinski definition) is 2. The average Bonchev–Trinajstić information content (AvgIpc) is 2.33. The SMILES string of the molecule is NNc1cc(Oc2ccc(Br)cc2F)ncn1. The van der Waals surface area contributed by atoms with Crippen molar-refractivity contribution in [2.45, 2.75) is 0 Å². The summed E-state index contributed by atoms with van der Waals surface area (Å²) in [7, 11) is 0. The van der Waals surface area contributed by atoms with E-state index >= 15 is 0 Å². The molecule has 5 nitrogen and oxygen atoms in total. The Kier molecular flexibility index (Phi) is 3.50. The van der Waals surface area contributed by atoms with Gasteiger partial charge in [0.2, 0.25) is 5.88 Å². The molecule has 0 atom stereocenters. The summed E-state index contributed by atoms with van der Waals surface area (Å²) in [6.07, 6.45) is 1.27. The van der Waals surface area contributed by atoms with Gasteiger partial charge in [-0.2, -0.15) is 0 Å². The second kappa shape index (κ2) is 5.07. The first kappa shape index (κ1) is 11.7. The number of nitrogens with one attached hydrogen (secondary N) is 1. The van der Waals surface area contributed by atoms with Crippen molar-refractivity contribution >= 4 is 21.7 Å². The van der Waals surface area contributed by atoms with Crippen LogP contribution in [0.1, 0.15) is 0 Å². The second-order valence-corrected chi connectivity index (χ2v) is 3.98. The van der Waals surface area contributed by atoms with Gasteiger partial charge in [-0.3, -0.25) is 0 Å². The normalized spacial score (nSPS) is 10.1. The van der Waals surface area contributed by atoms with Crippen LogP contribution in [-0.2, 0) is 0 Å². The number of hydrogen-bond acceptors (Lipinski definition) is 5. The highest BCUT2D eigenvalue weighted by Gasteiger charge is 2.06. The lowest BCUT2D eigenvalue weighted by atomic mass is 10.3. The zero-order valence-corrected chi connectivity index (χ0v) is 10.1. The molecule has 1 heterocycles. The first-order valence-electron chi connectivity index (χ1n) is 4.60. The van der Waals surface area contributed by atoms with E-state index < -0.39 is 5.82 Å². The van der Waals surface area contributed by atoms with Crippen molar-refractivity contribution in [3.05, 3.63) is 40.9 Å². The molecule has 0 fully saturated rings. The van der Waals surface area contributed by atoms with Crippen LogP contribution in [0.5, 0.6) is 11.6 Å². The van der Waals surface area contributed by atoms with Crippen LogP contribution in [0.25, 0.3) is 0 Å². The summed E-state index contributed by atoms with van der Waals surface area (Å²) in [5, 5.41) is 0. The molecule has 0 saturated carbocycles. The second-order valence-electron chi connectivity index (χ2n) is 3.06. The lowest BCUT2D eigenvalue weighted by molar-refractivity contribution is 0.426. The van der Waals surface area contributed by atoms with Gasteiger partial charge in [0.25, 0.3) is 0 Å². The molecule has 0 amide bonds. The van der Waals surface area contributed by atoms with Crippen LogP contribution in [0.15, 0.2) is 35.1 Å². The number of halogens is 2. The van der Waals surface area contributed by atoms with E-state index in [2.05, 4.69) is 31.3 Å². The molecule has 2 rings (SSSR count). The van der Waals surface area contributed by atoms with Gasteiger partial charge in [-0.1, -0.05) is 15.9 Å². The smallest absolute Gasteiger partial charge is 0.224 e. The molecular weight excluding hydrogens is 291 g/mol. The first-order valence-corrected chi connectivity index (χ1v) is 5.40. The lowest BCUT2D eigenvalue weighted by Crippen LogP contribution is -2.08. The number of nitrogen functional groups attached to an aromatic ring is 1. The van der Waals surface area contributed by atoms with E-state index in [1.807, 2.05) is 0 Å². The highest BCUT2D eigenvalue weighted by Crippen LogP contribution is 2.26. The van der Waals surface area contributed by atoms with Crippen LogP contribution in [-0.4, -0.2) is 9.97 Å². The number of anilines is 1. The van der Waals surface area contributed by atoms with Crippen LogP contribution in [0.2, 0.25) is 0 Å². The Morgan fingerprint density at radius 3 is 2.82 bits per heavy atom. The molecule has 0 aliphatic carbocycles. The minimum atomic E-state index is -0.486. The maximum atomic E-state index is 13.5. The Morgan fingerprint density at radius 1 is 1.29 bits per heavy atom. The standard InChI is InChI=1S/C10H8BrFN4O/c11-6-1-2-8(7(12)3-6)17-10-4-9(16-13)14-5-15-10/h1-5H,13H2,(H,14,15,16). The van der Waals surface area contributed by atoms with Crippen LogP contribution in [0, 0.1) is 5.82 Å². The van der Waals surface area contributed by atoms with E-state index in [0.717, 1.165) is 0 Å². The highest BCUT2D eigenvalue weighted by atomic mass is 79.9. The molecule has 0 saturated heterocycles. The van der Waals surface area contributed by atoms with Gasteiger partial charge in [-0.25, -0.2) is 20.2 Å². The fraction of sp³-hybridized carbons (Fsp3) is 0. The monoisotopic (exact) mass is 298 g/mol. The minimum Gasteiger partial charge on any atom is -0.436 e. The van der Waals surface area contributed by atoms with Crippen molar-refractivity contribution in [3.63, 3.8) is 0 Å². The maximum absolute atomic E-state index is 13.5. The van der Waals surface area contributed by atoms with Crippen molar-refractivity contribution in [1.82, 2.24) is 9.97 Å². The number of rotatable bonds is 3. The van der Waals surface area contributed by atoms with E-state index in [9.17, 15) is 4.39 Å². The summed E-state index contributed by atoms with van der Waals surface area (Å²) in [4.78, 5) is 7.65. The van der Waals surface area contributed by atoms with Gasteiger partial charge in [0.1, 0.15) is 12.1 Å². The van der Waals surface area contributed by atoms with Crippen molar-refractivity contribution < 1.29 is 9.13 Å². The zero-order valence-electron chi connectivity index (χ0n) is 8.52. The number of nitrogens with two attached hydrogens (primary N) is 1. The predicted octanol–water partition coefficient (Wildman–Crippen LogP) is 2.46. The summed E-state index contributed by atoms with van der Waals surface area (Å²) in [5.41, 5.74) is 2.34. The fourth-order valence-electron chi connectivity index (χ4n) is 1.14. The molecule has 7 heteroatoms. The third-order valence-electron chi connectivity index (χ3n) is 1.90. The molecule has 1 aromatic heterocycles. The van der Waals surface area contributed by atoms with Crippen molar-refractivity contribution in [2.24, 2.45) is 5.84 Å². The number of aromatic nitrogens is 2. The Labute approximate surface area is 105 Å². The van der Waals surface area contributed by atoms with Crippen molar-refractivity contribution in [3.8, 4) is 11.6 Å². The first-order chi connectivity index (χ1) is 8.19. The molecule has 0 spiro atoms. The number of benzene rings is 1. The summed E-state index contributed by atoms with van der Waals surface area (Å²) in [6.45, 7) is 0. The van der Waals surface area contributed by atoms with Gasteiger partial charge >= 0.3 is 0 Å². The molecule has 1 aromatic carbocycles. The minimum absolute atomic E-state index is 0.0786. The Morgan fingerprint density at radius 2 is 2.12 bits per heavy atom. The van der Waals surface area contributed by atoms with E-state index in [-0.39, 0.29) is 11.6 Å². The van der Waals surface area contributed by atoms with E-state index in [1.165, 1.54) is 24.5 Å². The molecule has 0 aliphatic heterocycles. The average molecular weight is 299 g/mol. The van der Waals surface area contributed by atoms with E-state index in [0.29, 0.717) is 10.3 Å². The van der Waals surface area contributed by atoms with Crippen LogP contribution >= 0.6 is 15.9 Å². The predicted molar refractivity (Wildman–Crippen MR) is 64.0 cm³/mol. The van der Waals surface area contributed by atoms with Gasteiger partial charge < -0.3 is 10.2 Å². The van der Waals surface area contributed by atoms with E-state index in [1.54, 1.807) is 6.07 Å². The molecule has 0 bridgehead atoms. The largest absolute Gasteiger partial charge is 0.436 e. The highest BCUT2D eigenvalue weighted by molar-refractivity contribution is 9.10.